The number of rotatable bonds is 8. The Morgan fingerprint density at radius 3 is 2.89 bits per heavy atom. The summed E-state index contributed by atoms with van der Waals surface area (Å²) < 4.78 is 4.90. The molecule has 2 atom stereocenters. The maximum absolute atomic E-state index is 11.5. The van der Waals surface area contributed by atoms with Crippen LogP contribution in [0, 0.1) is 11.8 Å². The molecule has 1 fully saturated rings. The van der Waals surface area contributed by atoms with Gasteiger partial charge in [0.1, 0.15) is 0 Å². The van der Waals surface area contributed by atoms with Crippen LogP contribution >= 0.6 is 0 Å². The van der Waals surface area contributed by atoms with Gasteiger partial charge in [0.2, 0.25) is 5.91 Å². The Balaban J connectivity index is 1.97. The molecule has 0 aromatic heterocycles. The van der Waals surface area contributed by atoms with Gasteiger partial charge >= 0.3 is 0 Å². The Morgan fingerprint density at radius 2 is 2.17 bits per heavy atom. The number of methoxy groups -OCH3 is 1. The first kappa shape index (κ1) is 15.4. The molecule has 106 valence electrons. The zero-order valence-electron chi connectivity index (χ0n) is 11.8. The van der Waals surface area contributed by atoms with E-state index < -0.39 is 0 Å². The molecule has 0 saturated heterocycles. The molecule has 1 aliphatic carbocycles. The minimum atomic E-state index is 0.0926. The Hall–Kier alpha value is -0.610. The summed E-state index contributed by atoms with van der Waals surface area (Å²) in [5.74, 6) is 1.78. The molecule has 0 spiro atoms. The van der Waals surface area contributed by atoms with Crippen molar-refractivity contribution in [3.63, 3.8) is 0 Å². The van der Waals surface area contributed by atoms with Gasteiger partial charge in [0.15, 0.2) is 0 Å². The zero-order chi connectivity index (χ0) is 13.2. The molecule has 4 heteroatoms. The number of hydrogen-bond donors (Lipinski definition) is 2. The highest BCUT2D eigenvalue weighted by molar-refractivity contribution is 5.77. The second kappa shape index (κ2) is 9.34. The Morgan fingerprint density at radius 1 is 1.33 bits per heavy atom. The molecule has 1 aliphatic rings. The van der Waals surface area contributed by atoms with Crippen LogP contribution in [-0.2, 0) is 9.53 Å². The van der Waals surface area contributed by atoms with Crippen LogP contribution in [0.4, 0.5) is 0 Å². The minimum absolute atomic E-state index is 0.0926. The largest absolute Gasteiger partial charge is 0.383 e. The normalized spacial score (nSPS) is 23.9. The average molecular weight is 256 g/mol. The smallest absolute Gasteiger partial charge is 0.233 e. The van der Waals surface area contributed by atoms with E-state index in [1.54, 1.807) is 7.11 Å². The zero-order valence-corrected chi connectivity index (χ0v) is 11.8. The van der Waals surface area contributed by atoms with Gasteiger partial charge in [-0.15, -0.1) is 0 Å². The summed E-state index contributed by atoms with van der Waals surface area (Å²) in [5, 5.41) is 6.02. The molecular formula is C14H28N2O2. The third kappa shape index (κ3) is 6.97. The Bertz CT molecular complexity index is 234. The molecule has 2 N–H and O–H groups in total. The molecule has 4 nitrogen and oxygen atoms in total. The molecule has 1 saturated carbocycles. The number of carbonyl (C=O) groups excluding carboxylic acids is 1. The third-order valence-electron chi connectivity index (χ3n) is 3.69. The first-order chi connectivity index (χ1) is 8.72. The van der Waals surface area contributed by atoms with Gasteiger partial charge in [-0.1, -0.05) is 26.2 Å². The Labute approximate surface area is 111 Å². The summed E-state index contributed by atoms with van der Waals surface area (Å²) in [6.45, 7) is 4.92. The highest BCUT2D eigenvalue weighted by Gasteiger charge is 2.18. The molecular weight excluding hydrogens is 228 g/mol. The lowest BCUT2D eigenvalue weighted by atomic mass is 9.81. The standard InChI is InChI=1S/C14H28N2O2/c1-12-4-3-5-13(10-12)6-7-16-14(17)11-15-8-9-18-2/h12-13,15H,3-11H2,1-2H3,(H,16,17). The van der Waals surface area contributed by atoms with Crippen molar-refractivity contribution < 1.29 is 9.53 Å². The van der Waals surface area contributed by atoms with Crippen molar-refractivity contribution in [2.75, 3.05) is 33.4 Å². The number of ether oxygens (including phenoxy) is 1. The third-order valence-corrected chi connectivity index (χ3v) is 3.69. The lowest BCUT2D eigenvalue weighted by Crippen LogP contribution is -2.36. The van der Waals surface area contributed by atoms with Crippen LogP contribution in [0.2, 0.25) is 0 Å². The Kier molecular flexibility index (Phi) is 8.01. The van der Waals surface area contributed by atoms with Gasteiger partial charge in [-0.05, 0) is 24.7 Å². The van der Waals surface area contributed by atoms with Crippen LogP contribution in [0.25, 0.3) is 0 Å². The summed E-state index contributed by atoms with van der Waals surface area (Å²) >= 11 is 0. The van der Waals surface area contributed by atoms with Gasteiger partial charge in [-0.25, -0.2) is 0 Å². The molecule has 0 radical (unpaired) electrons. The first-order valence-electron chi connectivity index (χ1n) is 7.18. The lowest BCUT2D eigenvalue weighted by molar-refractivity contribution is -0.120. The van der Waals surface area contributed by atoms with Crippen molar-refractivity contribution in [1.82, 2.24) is 10.6 Å². The fraction of sp³-hybridized carbons (Fsp3) is 0.929. The fourth-order valence-corrected chi connectivity index (χ4v) is 2.68. The van der Waals surface area contributed by atoms with Crippen molar-refractivity contribution in [3.05, 3.63) is 0 Å². The summed E-state index contributed by atoms with van der Waals surface area (Å²) in [5.41, 5.74) is 0. The molecule has 0 heterocycles. The summed E-state index contributed by atoms with van der Waals surface area (Å²) in [7, 11) is 1.66. The van der Waals surface area contributed by atoms with E-state index in [4.69, 9.17) is 4.74 Å². The number of nitrogens with one attached hydrogen (secondary N) is 2. The quantitative estimate of drug-likeness (QED) is 0.648. The van der Waals surface area contributed by atoms with Crippen molar-refractivity contribution in [1.29, 1.82) is 0 Å². The maximum atomic E-state index is 11.5. The van der Waals surface area contributed by atoms with Crippen LogP contribution in [0.15, 0.2) is 0 Å². The van der Waals surface area contributed by atoms with Crippen molar-refractivity contribution in [2.45, 2.75) is 39.0 Å². The van der Waals surface area contributed by atoms with E-state index in [1.807, 2.05) is 0 Å². The van der Waals surface area contributed by atoms with Gasteiger partial charge < -0.3 is 15.4 Å². The lowest BCUT2D eigenvalue weighted by Gasteiger charge is -2.26. The minimum Gasteiger partial charge on any atom is -0.383 e. The van der Waals surface area contributed by atoms with E-state index in [2.05, 4.69) is 17.6 Å². The monoisotopic (exact) mass is 256 g/mol. The van der Waals surface area contributed by atoms with E-state index in [0.717, 1.165) is 31.3 Å². The number of amides is 1. The van der Waals surface area contributed by atoms with Gasteiger partial charge in [0, 0.05) is 20.2 Å². The molecule has 0 aromatic rings. The second-order valence-corrected chi connectivity index (χ2v) is 5.45. The van der Waals surface area contributed by atoms with Crippen molar-refractivity contribution in [2.24, 2.45) is 11.8 Å². The topological polar surface area (TPSA) is 50.4 Å². The van der Waals surface area contributed by atoms with Crippen LogP contribution < -0.4 is 10.6 Å². The van der Waals surface area contributed by atoms with Crippen LogP contribution in [0.3, 0.4) is 0 Å². The van der Waals surface area contributed by atoms with Gasteiger partial charge in [0.25, 0.3) is 0 Å². The van der Waals surface area contributed by atoms with E-state index in [1.165, 1.54) is 25.7 Å². The molecule has 0 bridgehead atoms. The van der Waals surface area contributed by atoms with E-state index in [0.29, 0.717) is 13.2 Å². The van der Waals surface area contributed by atoms with Crippen molar-refractivity contribution in [3.8, 4) is 0 Å². The molecule has 1 rings (SSSR count). The summed E-state index contributed by atoms with van der Waals surface area (Å²) in [6.07, 6.45) is 6.55. The molecule has 1 amide bonds. The van der Waals surface area contributed by atoms with Gasteiger partial charge in [-0.3, -0.25) is 4.79 Å². The molecule has 0 aromatic carbocycles. The molecule has 18 heavy (non-hydrogen) atoms. The molecule has 0 aliphatic heterocycles. The van der Waals surface area contributed by atoms with Crippen molar-refractivity contribution >= 4 is 5.91 Å². The van der Waals surface area contributed by atoms with E-state index in [-0.39, 0.29) is 5.91 Å². The summed E-state index contributed by atoms with van der Waals surface area (Å²) in [6, 6.07) is 0. The molecule has 2 unspecified atom stereocenters. The highest BCUT2D eigenvalue weighted by atomic mass is 16.5. The van der Waals surface area contributed by atoms with Gasteiger partial charge in [0.05, 0.1) is 13.2 Å². The van der Waals surface area contributed by atoms with Crippen LogP contribution in [0.1, 0.15) is 39.0 Å². The predicted octanol–water partition coefficient (Wildman–Crippen LogP) is 1.55. The fourth-order valence-electron chi connectivity index (χ4n) is 2.68. The number of carbonyl (C=O) groups is 1. The predicted molar refractivity (Wildman–Crippen MR) is 73.5 cm³/mol. The number of hydrogen-bond acceptors (Lipinski definition) is 3. The maximum Gasteiger partial charge on any atom is 0.233 e. The van der Waals surface area contributed by atoms with Crippen LogP contribution in [0.5, 0.6) is 0 Å². The summed E-state index contributed by atoms with van der Waals surface area (Å²) in [4.78, 5) is 11.5. The van der Waals surface area contributed by atoms with E-state index in [9.17, 15) is 4.79 Å². The second-order valence-electron chi connectivity index (χ2n) is 5.45. The SMILES string of the molecule is COCCNCC(=O)NCCC1CCCC(C)C1. The van der Waals surface area contributed by atoms with Gasteiger partial charge in [-0.2, -0.15) is 0 Å². The van der Waals surface area contributed by atoms with Crippen LogP contribution in [-0.4, -0.2) is 39.3 Å². The highest BCUT2D eigenvalue weighted by Crippen LogP contribution is 2.30. The average Bonchev–Trinajstić information content (AvgIpc) is 2.35. The first-order valence-corrected chi connectivity index (χ1v) is 7.18. The van der Waals surface area contributed by atoms with E-state index >= 15 is 0 Å².